The van der Waals surface area contributed by atoms with Crippen molar-refractivity contribution in [1.82, 2.24) is 0 Å². The molecular weight excluding hydrogens is 429 g/mol. The molecule has 1 amide bonds. The average Bonchev–Trinajstić information content (AvgIpc) is 2.79. The molecule has 1 aliphatic heterocycles. The van der Waals surface area contributed by atoms with E-state index < -0.39 is 21.7 Å². The number of hydrogen-bond acceptors (Lipinski definition) is 4. The normalized spacial score (nSPS) is 15.5. The first-order chi connectivity index (χ1) is 15.3. The molecule has 0 bridgehead atoms. The lowest BCUT2D eigenvalue weighted by Crippen LogP contribution is -2.36. The van der Waals surface area contributed by atoms with Gasteiger partial charge in [0.2, 0.25) is 0 Å². The topological polar surface area (TPSA) is 78.8 Å². The van der Waals surface area contributed by atoms with Crippen LogP contribution in [0.5, 0.6) is 0 Å². The number of sulfonamides is 1. The Hall–Kier alpha value is -3.52. The van der Waals surface area contributed by atoms with Gasteiger partial charge in [-0.25, -0.2) is 4.39 Å². The smallest absolute Gasteiger partial charge is 0.286 e. The third-order valence-electron chi connectivity index (χ3n) is 5.33. The molecule has 3 aromatic rings. The number of fused-ring (bicyclic) bond motifs is 1. The van der Waals surface area contributed by atoms with E-state index in [0.717, 1.165) is 18.2 Å². The number of benzene rings is 3. The van der Waals surface area contributed by atoms with Crippen LogP contribution in [0, 0.1) is 11.7 Å². The van der Waals surface area contributed by atoms with Gasteiger partial charge in [-0.2, -0.15) is 8.42 Å². The van der Waals surface area contributed by atoms with Crippen molar-refractivity contribution >= 4 is 38.8 Å². The van der Waals surface area contributed by atoms with Gasteiger partial charge >= 0.3 is 0 Å². The second kappa shape index (κ2) is 8.55. The maximum atomic E-state index is 13.4. The van der Waals surface area contributed by atoms with Crippen LogP contribution in [-0.4, -0.2) is 20.2 Å². The van der Waals surface area contributed by atoms with E-state index in [2.05, 4.69) is 9.71 Å². The van der Waals surface area contributed by atoms with E-state index in [1.54, 1.807) is 12.1 Å². The molecule has 0 saturated heterocycles. The number of para-hydroxylation sites is 1. The molecule has 4 rings (SSSR count). The summed E-state index contributed by atoms with van der Waals surface area (Å²) in [7, 11) is -3.98. The Morgan fingerprint density at radius 1 is 1.06 bits per heavy atom. The fraction of sp³-hybridized carbons (Fsp3) is 0.167. The molecule has 1 aliphatic rings. The van der Waals surface area contributed by atoms with E-state index in [9.17, 15) is 17.6 Å². The molecule has 6 nitrogen and oxygen atoms in total. The number of anilines is 3. The van der Waals surface area contributed by atoms with Crippen LogP contribution in [0.15, 0.2) is 82.1 Å². The fourth-order valence-electron chi connectivity index (χ4n) is 3.49. The van der Waals surface area contributed by atoms with Gasteiger partial charge in [-0.3, -0.25) is 9.69 Å². The van der Waals surface area contributed by atoms with Gasteiger partial charge in [0, 0.05) is 22.9 Å². The zero-order valence-electron chi connectivity index (χ0n) is 17.6. The van der Waals surface area contributed by atoms with Gasteiger partial charge in [-0.15, -0.1) is 4.40 Å². The van der Waals surface area contributed by atoms with Crippen molar-refractivity contribution in [1.29, 1.82) is 0 Å². The van der Waals surface area contributed by atoms with Gasteiger partial charge in [-0.05, 0) is 55.0 Å². The van der Waals surface area contributed by atoms with E-state index in [-0.39, 0.29) is 22.1 Å². The summed E-state index contributed by atoms with van der Waals surface area (Å²) in [6.07, 6.45) is 0.717. The Kier molecular flexibility index (Phi) is 5.80. The second-order valence-corrected chi connectivity index (χ2v) is 9.12. The molecule has 32 heavy (non-hydrogen) atoms. The van der Waals surface area contributed by atoms with Crippen LogP contribution in [0.1, 0.15) is 30.6 Å². The zero-order valence-corrected chi connectivity index (χ0v) is 18.4. The minimum Gasteiger partial charge on any atom is -0.322 e. The molecule has 0 saturated carbocycles. The van der Waals surface area contributed by atoms with Gasteiger partial charge in [0.25, 0.3) is 15.9 Å². The van der Waals surface area contributed by atoms with Crippen LogP contribution in [0.4, 0.5) is 21.5 Å². The van der Waals surface area contributed by atoms with Crippen molar-refractivity contribution < 1.29 is 17.6 Å². The summed E-state index contributed by atoms with van der Waals surface area (Å²) < 4.78 is 43.7. The largest absolute Gasteiger partial charge is 0.322 e. The molecule has 0 aliphatic carbocycles. The Balaban J connectivity index is 1.78. The highest BCUT2D eigenvalue weighted by Gasteiger charge is 2.34. The highest BCUT2D eigenvalue weighted by Crippen LogP contribution is 2.40. The Morgan fingerprint density at radius 2 is 1.81 bits per heavy atom. The summed E-state index contributed by atoms with van der Waals surface area (Å²) in [4.78, 5) is 14.3. The van der Waals surface area contributed by atoms with Gasteiger partial charge < -0.3 is 5.32 Å². The molecule has 8 heteroatoms. The van der Waals surface area contributed by atoms with E-state index >= 15 is 0 Å². The van der Waals surface area contributed by atoms with Gasteiger partial charge in [-0.1, -0.05) is 38.1 Å². The van der Waals surface area contributed by atoms with Crippen molar-refractivity contribution in [3.8, 4) is 0 Å². The van der Waals surface area contributed by atoms with Crippen LogP contribution in [0.25, 0.3) is 0 Å². The number of rotatable bonds is 5. The molecule has 0 radical (unpaired) electrons. The lowest BCUT2D eigenvalue weighted by molar-refractivity contribution is 0.102. The van der Waals surface area contributed by atoms with Crippen molar-refractivity contribution in [2.75, 3.05) is 10.2 Å². The molecule has 1 N–H and O–H groups in total. The van der Waals surface area contributed by atoms with E-state index in [1.807, 2.05) is 49.1 Å². The Labute approximate surface area is 186 Å². The average molecular weight is 452 g/mol. The first-order valence-corrected chi connectivity index (χ1v) is 11.6. The zero-order chi connectivity index (χ0) is 22.9. The highest BCUT2D eigenvalue weighted by atomic mass is 32.2. The summed E-state index contributed by atoms with van der Waals surface area (Å²) in [5, 5.41) is 2.64. The molecule has 1 unspecified atom stereocenters. The maximum Gasteiger partial charge on any atom is 0.286 e. The third kappa shape index (κ3) is 4.13. The first kappa shape index (κ1) is 21.7. The minimum atomic E-state index is -3.98. The van der Waals surface area contributed by atoms with Crippen LogP contribution in [0.2, 0.25) is 0 Å². The van der Waals surface area contributed by atoms with E-state index in [4.69, 9.17) is 0 Å². The summed E-state index contributed by atoms with van der Waals surface area (Å²) in [6, 6.07) is 19.3. The summed E-state index contributed by atoms with van der Waals surface area (Å²) in [5.41, 5.74) is 1.66. The quantitative estimate of drug-likeness (QED) is 0.566. The highest BCUT2D eigenvalue weighted by molar-refractivity contribution is 7.90. The van der Waals surface area contributed by atoms with Gasteiger partial charge in [0.05, 0.1) is 5.69 Å². The minimum absolute atomic E-state index is 0.00884. The lowest BCUT2D eigenvalue weighted by atomic mass is 10.1. The number of amides is 1. The number of carbonyl (C=O) groups excluding carboxylic acids is 1. The maximum absolute atomic E-state index is 13.4. The van der Waals surface area contributed by atoms with E-state index in [1.165, 1.54) is 24.3 Å². The Bertz CT molecular complexity index is 1310. The summed E-state index contributed by atoms with van der Waals surface area (Å²) in [5.74, 6) is -0.717. The molecule has 0 fully saturated rings. The predicted molar refractivity (Wildman–Crippen MR) is 123 cm³/mol. The molecule has 3 aromatic carbocycles. The lowest BCUT2D eigenvalue weighted by Gasteiger charge is -2.33. The number of amidine groups is 1. The number of nitrogens with zero attached hydrogens (tertiary/aromatic N) is 2. The SMILES string of the molecule is CCC(C)C1=NS(=O)(=O)c2cc(NC(=O)c3cccc(F)c3)ccc2N1c1ccccc1. The molecule has 1 heterocycles. The van der Waals surface area contributed by atoms with Crippen molar-refractivity contribution in [3.63, 3.8) is 0 Å². The van der Waals surface area contributed by atoms with Crippen LogP contribution in [-0.2, 0) is 10.0 Å². The monoisotopic (exact) mass is 451 g/mol. The molecule has 0 aromatic heterocycles. The number of hydrogen-bond donors (Lipinski definition) is 1. The standard InChI is InChI=1S/C24H22FN3O3S/c1-3-16(2)23-27-32(30,31)22-15-19(26-24(29)17-8-7-9-18(25)14-17)12-13-21(22)28(23)20-10-5-4-6-11-20/h4-16H,3H2,1-2H3,(H,26,29). The van der Waals surface area contributed by atoms with Crippen molar-refractivity contribution in [2.24, 2.45) is 10.3 Å². The number of halogens is 1. The first-order valence-electron chi connectivity index (χ1n) is 10.2. The summed E-state index contributed by atoms with van der Waals surface area (Å²) >= 11 is 0. The fourth-order valence-corrected chi connectivity index (χ4v) is 4.80. The Morgan fingerprint density at radius 3 is 2.50 bits per heavy atom. The molecular formula is C24H22FN3O3S. The van der Waals surface area contributed by atoms with Crippen LogP contribution in [0.3, 0.4) is 0 Å². The second-order valence-electron chi connectivity index (χ2n) is 7.55. The van der Waals surface area contributed by atoms with Crippen LogP contribution < -0.4 is 10.2 Å². The molecule has 0 spiro atoms. The van der Waals surface area contributed by atoms with Gasteiger partial charge in [0.1, 0.15) is 16.5 Å². The summed E-state index contributed by atoms with van der Waals surface area (Å²) in [6.45, 7) is 3.91. The number of carbonyl (C=O) groups is 1. The predicted octanol–water partition coefficient (Wildman–Crippen LogP) is 5.36. The van der Waals surface area contributed by atoms with Crippen molar-refractivity contribution in [2.45, 2.75) is 25.2 Å². The molecule has 1 atom stereocenters. The van der Waals surface area contributed by atoms with E-state index in [0.29, 0.717) is 11.5 Å². The van der Waals surface area contributed by atoms with Crippen LogP contribution >= 0.6 is 0 Å². The number of nitrogens with one attached hydrogen (secondary N) is 1. The van der Waals surface area contributed by atoms with Crippen molar-refractivity contribution in [3.05, 3.63) is 84.2 Å². The third-order valence-corrected chi connectivity index (χ3v) is 6.64. The molecule has 164 valence electrons. The van der Waals surface area contributed by atoms with Gasteiger partial charge in [0.15, 0.2) is 0 Å².